The molecule has 0 atom stereocenters. The molecular formula is C12H15Cl2NO. The van der Waals surface area contributed by atoms with Crippen molar-refractivity contribution in [1.82, 2.24) is 0 Å². The van der Waals surface area contributed by atoms with E-state index in [9.17, 15) is 4.79 Å². The molecule has 0 saturated carbocycles. The van der Waals surface area contributed by atoms with E-state index >= 15 is 0 Å². The lowest BCUT2D eigenvalue weighted by atomic mass is 10.2. The third-order valence-corrected chi connectivity index (χ3v) is 2.92. The van der Waals surface area contributed by atoms with Gasteiger partial charge in [0.05, 0.1) is 0 Å². The van der Waals surface area contributed by atoms with Gasteiger partial charge in [0.25, 0.3) is 0 Å². The molecule has 16 heavy (non-hydrogen) atoms. The molecule has 1 rings (SSSR count). The topological polar surface area (TPSA) is 29.1 Å². The fourth-order valence-electron chi connectivity index (χ4n) is 1.27. The highest BCUT2D eigenvalue weighted by molar-refractivity contribution is 6.31. The molecule has 0 bridgehead atoms. The van der Waals surface area contributed by atoms with E-state index < -0.39 is 0 Å². The third kappa shape index (κ3) is 4.42. The fraction of sp³-hybridized carbons (Fsp3) is 0.417. The molecule has 88 valence electrons. The number of halogens is 2. The first kappa shape index (κ1) is 13.3. The zero-order chi connectivity index (χ0) is 12.0. The molecule has 1 amide bonds. The number of alkyl halides is 1. The van der Waals surface area contributed by atoms with Crippen molar-refractivity contribution in [2.24, 2.45) is 0 Å². The van der Waals surface area contributed by atoms with Crippen LogP contribution in [0.2, 0.25) is 5.02 Å². The summed E-state index contributed by atoms with van der Waals surface area (Å²) in [6, 6.07) is 5.49. The molecule has 2 nitrogen and oxygen atoms in total. The summed E-state index contributed by atoms with van der Waals surface area (Å²) in [7, 11) is 0. The van der Waals surface area contributed by atoms with Crippen LogP contribution in [0.15, 0.2) is 18.2 Å². The van der Waals surface area contributed by atoms with Gasteiger partial charge in [-0.1, -0.05) is 17.7 Å². The van der Waals surface area contributed by atoms with E-state index in [1.807, 2.05) is 19.1 Å². The summed E-state index contributed by atoms with van der Waals surface area (Å²) in [4.78, 5) is 11.5. The van der Waals surface area contributed by atoms with E-state index in [2.05, 4.69) is 5.32 Å². The Balaban J connectivity index is 2.46. The minimum Gasteiger partial charge on any atom is -0.326 e. The van der Waals surface area contributed by atoms with Crippen LogP contribution in [-0.4, -0.2) is 11.8 Å². The van der Waals surface area contributed by atoms with Crippen molar-refractivity contribution in [2.45, 2.75) is 26.2 Å². The molecule has 0 aliphatic heterocycles. The summed E-state index contributed by atoms with van der Waals surface area (Å²) in [5.74, 6) is 0.605. The Labute approximate surface area is 106 Å². The minimum absolute atomic E-state index is 0.00466. The monoisotopic (exact) mass is 259 g/mol. The molecule has 0 radical (unpaired) electrons. The molecule has 1 aromatic rings. The van der Waals surface area contributed by atoms with E-state index in [1.165, 1.54) is 0 Å². The number of hydrogen-bond donors (Lipinski definition) is 1. The number of carbonyl (C=O) groups is 1. The number of anilines is 1. The molecular weight excluding hydrogens is 245 g/mol. The molecule has 0 aliphatic carbocycles. The van der Waals surface area contributed by atoms with Gasteiger partial charge in [-0.25, -0.2) is 0 Å². The summed E-state index contributed by atoms with van der Waals surface area (Å²) in [6.07, 6.45) is 2.18. The van der Waals surface area contributed by atoms with Crippen LogP contribution in [0.5, 0.6) is 0 Å². The second kappa shape index (κ2) is 6.77. The lowest BCUT2D eigenvalue weighted by molar-refractivity contribution is -0.116. The Morgan fingerprint density at radius 2 is 2.12 bits per heavy atom. The van der Waals surface area contributed by atoms with Gasteiger partial charge < -0.3 is 5.32 Å². The van der Waals surface area contributed by atoms with Gasteiger partial charge in [-0.15, -0.1) is 11.6 Å². The molecule has 4 heteroatoms. The Hall–Kier alpha value is -0.730. The molecule has 1 aromatic carbocycles. The van der Waals surface area contributed by atoms with E-state index in [0.717, 1.165) is 24.1 Å². The Bertz CT molecular complexity index is 366. The number of carbonyl (C=O) groups excluding carboxylic acids is 1. The van der Waals surface area contributed by atoms with Crippen LogP contribution >= 0.6 is 23.2 Å². The highest BCUT2D eigenvalue weighted by atomic mass is 35.5. The van der Waals surface area contributed by atoms with Crippen LogP contribution in [0.4, 0.5) is 5.69 Å². The first-order valence-electron chi connectivity index (χ1n) is 5.25. The molecule has 0 unspecified atom stereocenters. The predicted molar refractivity (Wildman–Crippen MR) is 69.4 cm³/mol. The smallest absolute Gasteiger partial charge is 0.224 e. The molecule has 0 fully saturated rings. The molecule has 0 spiro atoms. The van der Waals surface area contributed by atoms with Gasteiger partial charge in [0.2, 0.25) is 5.91 Å². The SMILES string of the molecule is Cc1ccc(NC(=O)CCCCCl)cc1Cl. The summed E-state index contributed by atoms with van der Waals surface area (Å²) < 4.78 is 0. The maximum absolute atomic E-state index is 11.5. The van der Waals surface area contributed by atoms with Crippen LogP contribution in [0, 0.1) is 6.92 Å². The lowest BCUT2D eigenvalue weighted by Crippen LogP contribution is -2.11. The maximum atomic E-state index is 11.5. The number of amides is 1. The second-order valence-corrected chi connectivity index (χ2v) is 4.44. The van der Waals surface area contributed by atoms with Crippen LogP contribution in [0.1, 0.15) is 24.8 Å². The van der Waals surface area contributed by atoms with Gasteiger partial charge in [0.1, 0.15) is 0 Å². The Kier molecular flexibility index (Phi) is 5.64. The summed E-state index contributed by atoms with van der Waals surface area (Å²) in [6.45, 7) is 1.93. The second-order valence-electron chi connectivity index (χ2n) is 3.66. The maximum Gasteiger partial charge on any atom is 0.224 e. The largest absolute Gasteiger partial charge is 0.326 e. The number of rotatable bonds is 5. The standard InChI is InChI=1S/C12H15Cl2NO/c1-9-5-6-10(8-11(9)14)15-12(16)4-2-3-7-13/h5-6,8H,2-4,7H2,1H3,(H,15,16). The number of unbranched alkanes of at least 4 members (excludes halogenated alkanes) is 1. The highest BCUT2D eigenvalue weighted by Gasteiger charge is 2.03. The van der Waals surface area contributed by atoms with Gasteiger partial charge in [0, 0.05) is 23.0 Å². The number of nitrogens with one attached hydrogen (secondary N) is 1. The van der Waals surface area contributed by atoms with Crippen molar-refractivity contribution in [2.75, 3.05) is 11.2 Å². The quantitative estimate of drug-likeness (QED) is 0.629. The predicted octanol–water partition coefficient (Wildman–Crippen LogP) is 4.00. The van der Waals surface area contributed by atoms with Gasteiger partial charge >= 0.3 is 0 Å². The molecule has 0 aliphatic rings. The van der Waals surface area contributed by atoms with Crippen molar-refractivity contribution < 1.29 is 4.79 Å². The van der Waals surface area contributed by atoms with Gasteiger partial charge in [-0.2, -0.15) is 0 Å². The first-order chi connectivity index (χ1) is 7.63. The normalized spacial score (nSPS) is 10.2. The van der Waals surface area contributed by atoms with Gasteiger partial charge in [-0.3, -0.25) is 4.79 Å². The zero-order valence-corrected chi connectivity index (χ0v) is 10.7. The zero-order valence-electron chi connectivity index (χ0n) is 9.22. The van der Waals surface area contributed by atoms with E-state index in [0.29, 0.717) is 17.3 Å². The Morgan fingerprint density at radius 3 is 2.75 bits per heavy atom. The molecule has 0 aromatic heterocycles. The van der Waals surface area contributed by atoms with Crippen molar-refractivity contribution in [1.29, 1.82) is 0 Å². The van der Waals surface area contributed by atoms with E-state index in [4.69, 9.17) is 23.2 Å². The molecule has 0 heterocycles. The number of hydrogen-bond acceptors (Lipinski definition) is 1. The van der Waals surface area contributed by atoms with Crippen molar-refractivity contribution in [3.63, 3.8) is 0 Å². The number of aryl methyl sites for hydroxylation is 1. The number of benzene rings is 1. The Morgan fingerprint density at radius 1 is 1.38 bits per heavy atom. The highest BCUT2D eigenvalue weighted by Crippen LogP contribution is 2.20. The third-order valence-electron chi connectivity index (χ3n) is 2.24. The average molecular weight is 260 g/mol. The van der Waals surface area contributed by atoms with Crippen LogP contribution in [0.3, 0.4) is 0 Å². The minimum atomic E-state index is 0.00466. The summed E-state index contributed by atoms with van der Waals surface area (Å²) >= 11 is 11.5. The summed E-state index contributed by atoms with van der Waals surface area (Å²) in [5, 5.41) is 3.47. The lowest BCUT2D eigenvalue weighted by Gasteiger charge is -2.06. The van der Waals surface area contributed by atoms with Crippen LogP contribution in [-0.2, 0) is 4.79 Å². The van der Waals surface area contributed by atoms with Crippen molar-refractivity contribution in [3.05, 3.63) is 28.8 Å². The average Bonchev–Trinajstić information content (AvgIpc) is 2.24. The molecule has 0 saturated heterocycles. The summed E-state index contributed by atoms with van der Waals surface area (Å²) in [5.41, 5.74) is 1.74. The van der Waals surface area contributed by atoms with Crippen LogP contribution in [0.25, 0.3) is 0 Å². The first-order valence-corrected chi connectivity index (χ1v) is 6.16. The van der Waals surface area contributed by atoms with Crippen molar-refractivity contribution >= 4 is 34.8 Å². The van der Waals surface area contributed by atoms with Gasteiger partial charge in [-0.05, 0) is 37.5 Å². The molecule has 1 N–H and O–H groups in total. The fourth-order valence-corrected chi connectivity index (χ4v) is 1.64. The van der Waals surface area contributed by atoms with Crippen molar-refractivity contribution in [3.8, 4) is 0 Å². The van der Waals surface area contributed by atoms with Crippen LogP contribution < -0.4 is 5.32 Å². The van der Waals surface area contributed by atoms with E-state index in [-0.39, 0.29) is 5.91 Å². The van der Waals surface area contributed by atoms with Gasteiger partial charge in [0.15, 0.2) is 0 Å². The van der Waals surface area contributed by atoms with E-state index in [1.54, 1.807) is 6.07 Å².